The van der Waals surface area contributed by atoms with Gasteiger partial charge in [0.25, 0.3) is 0 Å². The Labute approximate surface area is 255 Å². The first-order valence-electron chi connectivity index (χ1n) is 15.7. The zero-order valence-corrected chi connectivity index (χ0v) is 25.1. The molecule has 2 bridgehead atoms. The van der Waals surface area contributed by atoms with Crippen LogP contribution >= 0.6 is 0 Å². The van der Waals surface area contributed by atoms with Gasteiger partial charge < -0.3 is 19.5 Å². The molecule has 4 aliphatic rings. The second-order valence-electron chi connectivity index (χ2n) is 13.2. The minimum atomic E-state index is -0.880. The predicted molar refractivity (Wildman–Crippen MR) is 165 cm³/mol. The molecule has 1 N–H and O–H groups in total. The normalized spacial score (nSPS) is 28.2. The Morgan fingerprint density at radius 3 is 2.82 bits per heavy atom. The SMILES string of the molecule is COc1cc2ccccc2c(-c2ncc3c(N4C[C@@H]5C[C@H](C4)[C@H](O)C5)nc(OC[C@@]45CCCN4C[C@H](F)C5)nc3c2F)c1C. The summed E-state index contributed by atoms with van der Waals surface area (Å²) in [4.78, 5) is 18.5. The Kier molecular flexibility index (Phi) is 6.64. The quantitative estimate of drug-likeness (QED) is 0.312. The van der Waals surface area contributed by atoms with Crippen LogP contribution in [-0.4, -0.2) is 82.7 Å². The van der Waals surface area contributed by atoms with Gasteiger partial charge in [-0.3, -0.25) is 9.88 Å². The lowest BCUT2D eigenvalue weighted by molar-refractivity contribution is 0.107. The van der Waals surface area contributed by atoms with Crippen molar-refractivity contribution in [2.24, 2.45) is 11.8 Å². The molecule has 230 valence electrons. The van der Waals surface area contributed by atoms with Crippen LogP contribution in [0, 0.1) is 24.6 Å². The van der Waals surface area contributed by atoms with Gasteiger partial charge in [-0.1, -0.05) is 24.3 Å². The molecule has 0 spiro atoms. The van der Waals surface area contributed by atoms with Crippen LogP contribution in [0.15, 0.2) is 36.5 Å². The molecule has 3 saturated heterocycles. The van der Waals surface area contributed by atoms with E-state index in [1.807, 2.05) is 37.3 Å². The second kappa shape index (κ2) is 10.5. The maximum absolute atomic E-state index is 16.9. The molecule has 2 aromatic carbocycles. The number of alkyl halides is 1. The van der Waals surface area contributed by atoms with E-state index in [9.17, 15) is 9.50 Å². The summed E-state index contributed by atoms with van der Waals surface area (Å²) in [6.07, 6.45) is 4.45. The number of rotatable bonds is 6. The highest BCUT2D eigenvalue weighted by atomic mass is 19.1. The van der Waals surface area contributed by atoms with Crippen LogP contribution in [0.2, 0.25) is 0 Å². The molecule has 1 saturated carbocycles. The summed E-state index contributed by atoms with van der Waals surface area (Å²) in [7, 11) is 1.61. The Hall–Kier alpha value is -3.63. The number of aliphatic hydroxyl groups excluding tert-OH is 1. The maximum Gasteiger partial charge on any atom is 0.319 e. The smallest absolute Gasteiger partial charge is 0.319 e. The molecule has 3 aliphatic heterocycles. The lowest BCUT2D eigenvalue weighted by Gasteiger charge is -2.34. The number of aromatic nitrogens is 3. The first kappa shape index (κ1) is 27.9. The molecule has 1 aliphatic carbocycles. The standard InChI is InChI=1S/C34H37F2N5O3/c1-19-27(43-2)12-21-6-3-4-7-24(21)28(19)31-29(36)30-25(14-37-31)32(40-15-20-10-22(16-40)26(42)11-20)39-33(38-30)44-18-34-8-5-9-41(34)17-23(35)13-34/h3-4,6-7,12,14,20,22-23,26,42H,5,8-11,13,15-18H2,1-2H3/t20-,22-,23-,26-,34+/m1/s1. The summed E-state index contributed by atoms with van der Waals surface area (Å²) < 4.78 is 43.3. The summed E-state index contributed by atoms with van der Waals surface area (Å²) in [5.41, 5.74) is 1.38. The van der Waals surface area contributed by atoms with E-state index in [1.54, 1.807) is 13.3 Å². The highest BCUT2D eigenvalue weighted by Gasteiger charge is 2.49. The lowest BCUT2D eigenvalue weighted by atomic mass is 9.95. The molecule has 0 unspecified atom stereocenters. The Balaban J connectivity index is 1.27. The molecule has 8 rings (SSSR count). The van der Waals surface area contributed by atoms with Crippen LogP contribution in [0.5, 0.6) is 11.8 Å². The topological polar surface area (TPSA) is 83.8 Å². The molecule has 5 atom stereocenters. The minimum Gasteiger partial charge on any atom is -0.496 e. The number of nitrogens with zero attached hydrogens (tertiary/aromatic N) is 5. The molecule has 10 heteroatoms. The largest absolute Gasteiger partial charge is 0.496 e. The van der Waals surface area contributed by atoms with Crippen molar-refractivity contribution >= 4 is 27.5 Å². The Morgan fingerprint density at radius 1 is 1.11 bits per heavy atom. The number of pyridine rings is 1. The molecule has 5 heterocycles. The van der Waals surface area contributed by atoms with Gasteiger partial charge in [-0.15, -0.1) is 0 Å². The van der Waals surface area contributed by atoms with Crippen LogP contribution in [-0.2, 0) is 0 Å². The molecular weight excluding hydrogens is 564 g/mol. The summed E-state index contributed by atoms with van der Waals surface area (Å²) in [6.45, 7) is 4.76. The predicted octanol–water partition coefficient (Wildman–Crippen LogP) is 5.46. The number of hydrogen-bond donors (Lipinski definition) is 1. The monoisotopic (exact) mass is 601 g/mol. The third-order valence-corrected chi connectivity index (χ3v) is 10.6. The molecule has 4 fully saturated rings. The molecule has 4 aromatic rings. The fraction of sp³-hybridized carbons (Fsp3) is 0.500. The molecular formula is C34H37F2N5O3. The van der Waals surface area contributed by atoms with Crippen molar-refractivity contribution in [2.75, 3.05) is 44.8 Å². The number of benzene rings is 2. The number of piperidine rings is 1. The first-order chi connectivity index (χ1) is 21.3. The lowest BCUT2D eigenvalue weighted by Crippen LogP contribution is -2.43. The van der Waals surface area contributed by atoms with E-state index in [0.29, 0.717) is 54.5 Å². The third-order valence-electron chi connectivity index (χ3n) is 10.6. The van der Waals surface area contributed by atoms with Gasteiger partial charge in [0.15, 0.2) is 5.82 Å². The van der Waals surface area contributed by atoms with E-state index >= 15 is 4.39 Å². The summed E-state index contributed by atoms with van der Waals surface area (Å²) >= 11 is 0. The fourth-order valence-electron chi connectivity index (χ4n) is 8.49. The third kappa shape index (κ3) is 4.40. The number of halogens is 2. The summed E-state index contributed by atoms with van der Waals surface area (Å²) in [5, 5.41) is 12.9. The minimum absolute atomic E-state index is 0.0813. The van der Waals surface area contributed by atoms with Gasteiger partial charge in [0.2, 0.25) is 0 Å². The highest BCUT2D eigenvalue weighted by molar-refractivity contribution is 6.01. The van der Waals surface area contributed by atoms with Crippen molar-refractivity contribution in [1.29, 1.82) is 0 Å². The molecule has 44 heavy (non-hydrogen) atoms. The number of fused-ring (bicyclic) bond motifs is 5. The molecule has 0 radical (unpaired) electrons. The first-order valence-corrected chi connectivity index (χ1v) is 15.7. The number of anilines is 1. The Morgan fingerprint density at radius 2 is 1.98 bits per heavy atom. The van der Waals surface area contributed by atoms with Gasteiger partial charge in [-0.25, -0.2) is 8.78 Å². The Bertz CT molecular complexity index is 1770. The number of hydrogen-bond acceptors (Lipinski definition) is 8. The van der Waals surface area contributed by atoms with Crippen LogP contribution in [0.3, 0.4) is 0 Å². The van der Waals surface area contributed by atoms with E-state index in [2.05, 4.69) is 14.8 Å². The van der Waals surface area contributed by atoms with Gasteiger partial charge in [0.05, 0.1) is 24.1 Å². The maximum atomic E-state index is 16.9. The molecule has 8 nitrogen and oxygen atoms in total. The van der Waals surface area contributed by atoms with E-state index in [0.717, 1.165) is 48.6 Å². The molecule has 0 amide bonds. The second-order valence-corrected chi connectivity index (χ2v) is 13.2. The van der Waals surface area contributed by atoms with E-state index < -0.39 is 12.0 Å². The van der Waals surface area contributed by atoms with Crippen molar-refractivity contribution in [3.63, 3.8) is 0 Å². The number of ether oxygens (including phenoxy) is 2. The highest BCUT2D eigenvalue weighted by Crippen LogP contribution is 2.44. The van der Waals surface area contributed by atoms with Gasteiger partial charge in [-0.2, -0.15) is 9.97 Å². The van der Waals surface area contributed by atoms with Gasteiger partial charge in [0, 0.05) is 49.3 Å². The van der Waals surface area contributed by atoms with Crippen molar-refractivity contribution in [1.82, 2.24) is 19.9 Å². The van der Waals surface area contributed by atoms with Gasteiger partial charge in [-0.05, 0) is 61.9 Å². The van der Waals surface area contributed by atoms with Crippen molar-refractivity contribution in [2.45, 2.75) is 56.8 Å². The van der Waals surface area contributed by atoms with Crippen LogP contribution < -0.4 is 14.4 Å². The number of methoxy groups -OCH3 is 1. The zero-order valence-electron chi connectivity index (χ0n) is 25.1. The van der Waals surface area contributed by atoms with E-state index in [1.165, 1.54) is 0 Å². The zero-order chi connectivity index (χ0) is 30.2. The fourth-order valence-corrected chi connectivity index (χ4v) is 8.49. The van der Waals surface area contributed by atoms with E-state index in [4.69, 9.17) is 19.4 Å². The van der Waals surface area contributed by atoms with Gasteiger partial charge >= 0.3 is 6.01 Å². The molecule has 2 aromatic heterocycles. The number of aliphatic hydroxyl groups is 1. The van der Waals surface area contributed by atoms with Crippen LogP contribution in [0.25, 0.3) is 32.9 Å². The van der Waals surface area contributed by atoms with Gasteiger partial charge in [0.1, 0.15) is 35.6 Å². The van der Waals surface area contributed by atoms with Crippen molar-refractivity contribution in [3.05, 3.63) is 47.9 Å². The van der Waals surface area contributed by atoms with Crippen LogP contribution in [0.4, 0.5) is 14.6 Å². The summed E-state index contributed by atoms with van der Waals surface area (Å²) in [6, 6.07) is 9.84. The summed E-state index contributed by atoms with van der Waals surface area (Å²) in [5.74, 6) is 1.14. The van der Waals surface area contributed by atoms with Crippen molar-refractivity contribution in [3.8, 4) is 23.0 Å². The van der Waals surface area contributed by atoms with E-state index in [-0.39, 0.29) is 41.4 Å². The van der Waals surface area contributed by atoms with Crippen LogP contribution in [0.1, 0.15) is 37.7 Å². The van der Waals surface area contributed by atoms with Crippen molar-refractivity contribution < 1.29 is 23.4 Å². The average molecular weight is 602 g/mol. The average Bonchev–Trinajstić information content (AvgIpc) is 3.64.